The van der Waals surface area contributed by atoms with Crippen molar-refractivity contribution in [2.75, 3.05) is 40.3 Å². The van der Waals surface area contributed by atoms with Crippen molar-refractivity contribution in [2.45, 2.75) is 13.0 Å². The van der Waals surface area contributed by atoms with Crippen molar-refractivity contribution in [2.24, 2.45) is 5.92 Å². The van der Waals surface area contributed by atoms with Crippen LogP contribution in [-0.4, -0.2) is 51.1 Å². The Kier molecular flexibility index (Phi) is 6.02. The lowest BCUT2D eigenvalue weighted by Crippen LogP contribution is -2.31. The van der Waals surface area contributed by atoms with Gasteiger partial charge in [0.05, 0.1) is 5.92 Å². The van der Waals surface area contributed by atoms with E-state index in [1.807, 2.05) is 38.4 Å². The Morgan fingerprint density at radius 2 is 2.14 bits per heavy atom. The van der Waals surface area contributed by atoms with Crippen molar-refractivity contribution in [3.8, 4) is 5.75 Å². The monoisotopic (exact) mass is 291 g/mol. The Balaban J connectivity index is 1.72. The van der Waals surface area contributed by atoms with E-state index in [9.17, 15) is 4.79 Å². The van der Waals surface area contributed by atoms with Crippen LogP contribution in [0.4, 0.5) is 0 Å². The van der Waals surface area contributed by atoms with Crippen LogP contribution in [0.15, 0.2) is 24.3 Å². The Labute approximate surface area is 126 Å². The minimum Gasteiger partial charge on any atom is -0.492 e. The van der Waals surface area contributed by atoms with E-state index in [1.165, 1.54) is 0 Å². The zero-order chi connectivity index (χ0) is 15.1. The summed E-state index contributed by atoms with van der Waals surface area (Å²) in [7, 11) is 4.05. The topological polar surface area (TPSA) is 53.6 Å². The van der Waals surface area contributed by atoms with Gasteiger partial charge in [0, 0.05) is 19.6 Å². The molecular weight excluding hydrogens is 266 g/mol. The summed E-state index contributed by atoms with van der Waals surface area (Å²) in [5.41, 5.74) is 1.09. The van der Waals surface area contributed by atoms with Crippen LogP contribution in [0.3, 0.4) is 0 Å². The smallest absolute Gasteiger partial charge is 0.224 e. The molecule has 0 radical (unpaired) electrons. The molecule has 1 atom stereocenters. The summed E-state index contributed by atoms with van der Waals surface area (Å²) in [6, 6.07) is 7.90. The number of carbonyl (C=O) groups excluding carboxylic acids is 1. The lowest BCUT2D eigenvalue weighted by molar-refractivity contribution is -0.124. The van der Waals surface area contributed by atoms with Crippen LogP contribution in [0, 0.1) is 5.92 Å². The van der Waals surface area contributed by atoms with Gasteiger partial charge in [-0.25, -0.2) is 0 Å². The Morgan fingerprint density at radius 1 is 1.38 bits per heavy atom. The fourth-order valence-electron chi connectivity index (χ4n) is 2.26. The van der Waals surface area contributed by atoms with E-state index in [4.69, 9.17) is 4.74 Å². The van der Waals surface area contributed by atoms with Gasteiger partial charge in [-0.05, 0) is 44.8 Å². The minimum atomic E-state index is 0.124. The molecule has 2 rings (SSSR count). The quantitative estimate of drug-likeness (QED) is 0.782. The second kappa shape index (κ2) is 8.00. The van der Waals surface area contributed by atoms with Gasteiger partial charge in [-0.15, -0.1) is 0 Å². The third-order valence-corrected chi connectivity index (χ3v) is 3.63. The zero-order valence-corrected chi connectivity index (χ0v) is 12.9. The first kappa shape index (κ1) is 15.8. The first-order valence-corrected chi connectivity index (χ1v) is 7.50. The minimum absolute atomic E-state index is 0.124. The molecule has 1 aliphatic heterocycles. The van der Waals surface area contributed by atoms with E-state index in [0.717, 1.165) is 37.4 Å². The van der Waals surface area contributed by atoms with Crippen molar-refractivity contribution in [1.29, 1.82) is 0 Å². The van der Waals surface area contributed by atoms with Gasteiger partial charge in [-0.2, -0.15) is 0 Å². The molecule has 1 aliphatic rings. The van der Waals surface area contributed by atoms with Gasteiger partial charge in [0.15, 0.2) is 0 Å². The molecule has 116 valence electrons. The van der Waals surface area contributed by atoms with Crippen LogP contribution in [0.1, 0.15) is 12.0 Å². The number of benzene rings is 1. The molecule has 1 unspecified atom stereocenters. The molecule has 21 heavy (non-hydrogen) atoms. The summed E-state index contributed by atoms with van der Waals surface area (Å²) in [5, 5.41) is 6.20. The molecule has 2 N–H and O–H groups in total. The summed E-state index contributed by atoms with van der Waals surface area (Å²) < 4.78 is 5.64. The molecule has 0 aromatic heterocycles. The van der Waals surface area contributed by atoms with Crippen molar-refractivity contribution in [3.05, 3.63) is 29.8 Å². The normalized spacial score (nSPS) is 18.0. The highest BCUT2D eigenvalue weighted by Gasteiger charge is 2.21. The molecule has 1 heterocycles. The highest BCUT2D eigenvalue weighted by molar-refractivity contribution is 5.79. The lowest BCUT2D eigenvalue weighted by Gasteiger charge is -2.12. The maximum Gasteiger partial charge on any atom is 0.224 e. The first-order valence-electron chi connectivity index (χ1n) is 7.50. The van der Waals surface area contributed by atoms with Crippen LogP contribution in [0.25, 0.3) is 0 Å². The maximum atomic E-state index is 11.9. The molecule has 0 spiro atoms. The first-order chi connectivity index (χ1) is 10.1. The van der Waals surface area contributed by atoms with Crippen molar-refractivity contribution < 1.29 is 9.53 Å². The summed E-state index contributed by atoms with van der Waals surface area (Å²) >= 11 is 0. The standard InChI is InChI=1S/C16H25N3O2/c1-19(2)9-10-21-15-5-3-13(4-6-15)11-18-16(20)14-7-8-17-12-14/h3-6,14,17H,7-12H2,1-2H3,(H,18,20). The van der Waals surface area contributed by atoms with Crippen LogP contribution in [-0.2, 0) is 11.3 Å². The highest BCUT2D eigenvalue weighted by atomic mass is 16.5. The number of rotatable bonds is 7. The number of amides is 1. The van der Waals surface area contributed by atoms with Crippen LogP contribution in [0.5, 0.6) is 5.75 Å². The molecule has 1 saturated heterocycles. The maximum absolute atomic E-state index is 11.9. The van der Waals surface area contributed by atoms with Crippen LogP contribution < -0.4 is 15.4 Å². The SMILES string of the molecule is CN(C)CCOc1ccc(CNC(=O)C2CCNC2)cc1. The van der Waals surface area contributed by atoms with E-state index in [1.54, 1.807) is 0 Å². The van der Waals surface area contributed by atoms with Crippen molar-refractivity contribution in [3.63, 3.8) is 0 Å². The van der Waals surface area contributed by atoms with E-state index >= 15 is 0 Å². The van der Waals surface area contributed by atoms with Gasteiger partial charge in [-0.1, -0.05) is 12.1 Å². The predicted molar refractivity (Wildman–Crippen MR) is 83.3 cm³/mol. The average Bonchev–Trinajstić information content (AvgIpc) is 3.00. The summed E-state index contributed by atoms with van der Waals surface area (Å²) in [4.78, 5) is 14.0. The van der Waals surface area contributed by atoms with Gasteiger partial charge in [0.2, 0.25) is 5.91 Å². The Hall–Kier alpha value is -1.59. The largest absolute Gasteiger partial charge is 0.492 e. The second-order valence-corrected chi connectivity index (χ2v) is 5.70. The number of hydrogen-bond donors (Lipinski definition) is 2. The van der Waals surface area contributed by atoms with Crippen molar-refractivity contribution >= 4 is 5.91 Å². The lowest BCUT2D eigenvalue weighted by atomic mass is 10.1. The molecule has 5 heteroatoms. The van der Waals surface area contributed by atoms with Crippen molar-refractivity contribution in [1.82, 2.24) is 15.5 Å². The highest BCUT2D eigenvalue weighted by Crippen LogP contribution is 2.13. The zero-order valence-electron chi connectivity index (χ0n) is 12.9. The van der Waals surface area contributed by atoms with Gasteiger partial charge >= 0.3 is 0 Å². The number of nitrogens with zero attached hydrogens (tertiary/aromatic N) is 1. The number of ether oxygens (including phenoxy) is 1. The fourth-order valence-corrected chi connectivity index (χ4v) is 2.26. The van der Waals surface area contributed by atoms with Crippen LogP contribution >= 0.6 is 0 Å². The van der Waals surface area contributed by atoms with Gasteiger partial charge in [-0.3, -0.25) is 4.79 Å². The third kappa shape index (κ3) is 5.36. The third-order valence-electron chi connectivity index (χ3n) is 3.63. The van der Waals surface area contributed by atoms with Gasteiger partial charge in [0.25, 0.3) is 0 Å². The number of likely N-dealkylation sites (N-methyl/N-ethyl adjacent to an activating group) is 1. The van der Waals surface area contributed by atoms with Gasteiger partial charge < -0.3 is 20.3 Å². The average molecular weight is 291 g/mol. The van der Waals surface area contributed by atoms with E-state index < -0.39 is 0 Å². The molecule has 5 nitrogen and oxygen atoms in total. The fraction of sp³-hybridized carbons (Fsp3) is 0.562. The number of nitrogens with one attached hydrogen (secondary N) is 2. The van der Waals surface area contributed by atoms with E-state index in [2.05, 4.69) is 15.5 Å². The molecule has 0 bridgehead atoms. The molecule has 1 aromatic carbocycles. The summed E-state index contributed by atoms with van der Waals surface area (Å²) in [6.45, 7) is 3.89. The van der Waals surface area contributed by atoms with E-state index in [-0.39, 0.29) is 11.8 Å². The molecule has 1 amide bonds. The Bertz CT molecular complexity index is 439. The molecule has 1 fully saturated rings. The summed E-state index contributed by atoms with van der Waals surface area (Å²) in [5.74, 6) is 1.14. The number of hydrogen-bond acceptors (Lipinski definition) is 4. The summed E-state index contributed by atoms with van der Waals surface area (Å²) in [6.07, 6.45) is 0.935. The molecule has 0 saturated carbocycles. The predicted octanol–water partition coefficient (Wildman–Crippen LogP) is 0.853. The Morgan fingerprint density at radius 3 is 2.76 bits per heavy atom. The van der Waals surface area contributed by atoms with Gasteiger partial charge in [0.1, 0.15) is 12.4 Å². The van der Waals surface area contributed by atoms with Crippen LogP contribution in [0.2, 0.25) is 0 Å². The molecule has 1 aromatic rings. The number of carbonyl (C=O) groups is 1. The second-order valence-electron chi connectivity index (χ2n) is 5.70. The molecular formula is C16H25N3O2. The molecule has 0 aliphatic carbocycles. The van der Waals surface area contributed by atoms with E-state index in [0.29, 0.717) is 13.2 Å².